The van der Waals surface area contributed by atoms with Crippen molar-refractivity contribution in [3.05, 3.63) is 47.9 Å². The van der Waals surface area contributed by atoms with Gasteiger partial charge in [0.15, 0.2) is 5.76 Å². The lowest BCUT2D eigenvalue weighted by Crippen LogP contribution is -2.49. The Hall–Kier alpha value is -2.96. The highest BCUT2D eigenvalue weighted by atomic mass is 16.3. The summed E-state index contributed by atoms with van der Waals surface area (Å²) in [6.07, 6.45) is 3.01. The van der Waals surface area contributed by atoms with Crippen LogP contribution >= 0.6 is 0 Å². The summed E-state index contributed by atoms with van der Waals surface area (Å²) in [5.41, 5.74) is 6.31. The largest absolute Gasteiger partial charge is 0.508 e. The minimum atomic E-state index is -0.360. The SMILES string of the molecule is Nc1ccc(O)cc1C(=O)NC1CCCN(C(=O)c2ccco2)C1. The molecule has 1 fully saturated rings. The Morgan fingerprint density at radius 2 is 2.17 bits per heavy atom. The zero-order chi connectivity index (χ0) is 17.1. The number of nitrogens with zero attached hydrogens (tertiary/aromatic N) is 1. The van der Waals surface area contributed by atoms with Crippen molar-refractivity contribution in [3.8, 4) is 5.75 Å². The van der Waals surface area contributed by atoms with Gasteiger partial charge in [-0.05, 0) is 43.2 Å². The molecule has 1 atom stereocenters. The Balaban J connectivity index is 1.66. The molecule has 2 heterocycles. The highest BCUT2D eigenvalue weighted by Gasteiger charge is 2.27. The van der Waals surface area contributed by atoms with Gasteiger partial charge in [-0.15, -0.1) is 0 Å². The topological polar surface area (TPSA) is 109 Å². The van der Waals surface area contributed by atoms with E-state index in [4.69, 9.17) is 10.2 Å². The third-order valence-corrected chi connectivity index (χ3v) is 4.06. The fourth-order valence-corrected chi connectivity index (χ4v) is 2.84. The number of likely N-dealkylation sites (tertiary alicyclic amines) is 1. The minimum Gasteiger partial charge on any atom is -0.508 e. The molecule has 1 aromatic heterocycles. The Bertz CT molecular complexity index is 742. The average molecular weight is 329 g/mol. The standard InChI is InChI=1S/C17H19N3O4/c18-14-6-5-12(21)9-13(14)16(22)19-11-3-1-7-20(10-11)17(23)15-4-2-8-24-15/h2,4-6,8-9,11,21H,1,3,7,10,18H2,(H,19,22). The molecule has 0 bridgehead atoms. The van der Waals surface area contributed by atoms with Gasteiger partial charge >= 0.3 is 0 Å². The van der Waals surface area contributed by atoms with Gasteiger partial charge in [0.1, 0.15) is 5.75 Å². The van der Waals surface area contributed by atoms with E-state index in [0.29, 0.717) is 24.5 Å². The van der Waals surface area contributed by atoms with Gasteiger partial charge in [-0.25, -0.2) is 0 Å². The number of nitrogens with two attached hydrogens (primary N) is 1. The number of rotatable bonds is 3. The van der Waals surface area contributed by atoms with Crippen molar-refractivity contribution in [3.63, 3.8) is 0 Å². The second kappa shape index (κ2) is 6.66. The van der Waals surface area contributed by atoms with E-state index in [1.165, 1.54) is 24.5 Å². The number of benzene rings is 1. The van der Waals surface area contributed by atoms with Crippen molar-refractivity contribution in [2.24, 2.45) is 0 Å². The molecule has 1 saturated heterocycles. The van der Waals surface area contributed by atoms with Gasteiger partial charge < -0.3 is 25.5 Å². The molecule has 0 radical (unpaired) electrons. The molecule has 1 aliphatic rings. The number of amides is 2. The smallest absolute Gasteiger partial charge is 0.289 e. The maximum Gasteiger partial charge on any atom is 0.289 e. The van der Waals surface area contributed by atoms with Gasteiger partial charge in [0.25, 0.3) is 11.8 Å². The van der Waals surface area contributed by atoms with Crippen LogP contribution in [0.1, 0.15) is 33.8 Å². The summed E-state index contributed by atoms with van der Waals surface area (Å²) < 4.78 is 5.14. The molecule has 3 rings (SSSR count). The van der Waals surface area contributed by atoms with Crippen LogP contribution in [0.4, 0.5) is 5.69 Å². The van der Waals surface area contributed by atoms with Crippen molar-refractivity contribution in [1.29, 1.82) is 0 Å². The van der Waals surface area contributed by atoms with Crippen molar-refractivity contribution < 1.29 is 19.1 Å². The van der Waals surface area contributed by atoms with Crippen LogP contribution in [0.25, 0.3) is 0 Å². The van der Waals surface area contributed by atoms with E-state index in [9.17, 15) is 14.7 Å². The van der Waals surface area contributed by atoms with Crippen LogP contribution in [0.2, 0.25) is 0 Å². The summed E-state index contributed by atoms with van der Waals surface area (Å²) in [7, 11) is 0. The number of hydrogen-bond acceptors (Lipinski definition) is 5. The summed E-state index contributed by atoms with van der Waals surface area (Å²) in [5, 5.41) is 12.4. The molecule has 1 aliphatic heterocycles. The number of anilines is 1. The van der Waals surface area contributed by atoms with Crippen LogP contribution in [0, 0.1) is 0 Å². The number of phenols is 1. The van der Waals surface area contributed by atoms with E-state index in [1.807, 2.05) is 0 Å². The molecule has 24 heavy (non-hydrogen) atoms. The molecule has 7 heteroatoms. The van der Waals surface area contributed by atoms with Crippen molar-refractivity contribution in [2.75, 3.05) is 18.8 Å². The molecular weight excluding hydrogens is 310 g/mol. The average Bonchev–Trinajstić information content (AvgIpc) is 3.11. The molecular formula is C17H19N3O4. The van der Waals surface area contributed by atoms with Gasteiger partial charge in [0, 0.05) is 24.8 Å². The number of piperidine rings is 1. The zero-order valence-electron chi connectivity index (χ0n) is 13.1. The normalized spacial score (nSPS) is 17.5. The second-order valence-corrected chi connectivity index (χ2v) is 5.81. The Morgan fingerprint density at radius 3 is 2.92 bits per heavy atom. The van der Waals surface area contributed by atoms with Crippen molar-refractivity contribution >= 4 is 17.5 Å². The quantitative estimate of drug-likeness (QED) is 0.585. The number of nitrogens with one attached hydrogen (secondary N) is 1. The van der Waals surface area contributed by atoms with Crippen LogP contribution in [0.5, 0.6) is 5.75 Å². The van der Waals surface area contributed by atoms with Crippen molar-refractivity contribution in [2.45, 2.75) is 18.9 Å². The van der Waals surface area contributed by atoms with Crippen LogP contribution in [-0.2, 0) is 0 Å². The molecule has 1 unspecified atom stereocenters. The van der Waals surface area contributed by atoms with E-state index in [0.717, 1.165) is 12.8 Å². The molecule has 126 valence electrons. The van der Waals surface area contributed by atoms with Gasteiger partial charge in [0.2, 0.25) is 0 Å². The van der Waals surface area contributed by atoms with Crippen LogP contribution in [0.3, 0.4) is 0 Å². The van der Waals surface area contributed by atoms with Gasteiger partial charge in [0.05, 0.1) is 11.8 Å². The molecule has 0 spiro atoms. The first-order chi connectivity index (χ1) is 11.5. The van der Waals surface area contributed by atoms with Crippen LogP contribution < -0.4 is 11.1 Å². The van der Waals surface area contributed by atoms with E-state index < -0.39 is 0 Å². The van der Waals surface area contributed by atoms with Crippen LogP contribution in [-0.4, -0.2) is 41.0 Å². The highest BCUT2D eigenvalue weighted by Crippen LogP contribution is 2.20. The Labute approximate surface area is 139 Å². The van der Waals surface area contributed by atoms with E-state index >= 15 is 0 Å². The summed E-state index contributed by atoms with van der Waals surface area (Å²) in [6, 6.07) is 7.36. The van der Waals surface area contributed by atoms with Gasteiger partial charge in [-0.3, -0.25) is 9.59 Å². The molecule has 1 aromatic carbocycles. The minimum absolute atomic E-state index is 0.0207. The lowest BCUT2D eigenvalue weighted by molar-refractivity contribution is 0.0647. The number of carbonyl (C=O) groups is 2. The fourth-order valence-electron chi connectivity index (χ4n) is 2.84. The fraction of sp³-hybridized carbons (Fsp3) is 0.294. The first-order valence-electron chi connectivity index (χ1n) is 7.76. The first-order valence-corrected chi connectivity index (χ1v) is 7.76. The third kappa shape index (κ3) is 3.34. The first kappa shape index (κ1) is 15.9. The molecule has 2 amide bonds. The second-order valence-electron chi connectivity index (χ2n) is 5.81. The monoisotopic (exact) mass is 329 g/mol. The number of phenolic OH excluding ortho intramolecular Hbond substituents is 1. The summed E-state index contributed by atoms with van der Waals surface area (Å²) in [6.45, 7) is 1.03. The Morgan fingerprint density at radius 1 is 1.33 bits per heavy atom. The van der Waals surface area contributed by atoms with E-state index in [1.54, 1.807) is 17.0 Å². The number of furan rings is 1. The molecule has 4 N–H and O–H groups in total. The number of carbonyl (C=O) groups excluding carboxylic acids is 2. The maximum absolute atomic E-state index is 12.4. The van der Waals surface area contributed by atoms with Gasteiger partial charge in [-0.2, -0.15) is 0 Å². The summed E-state index contributed by atoms with van der Waals surface area (Å²) >= 11 is 0. The van der Waals surface area contributed by atoms with Crippen molar-refractivity contribution in [1.82, 2.24) is 10.2 Å². The predicted octanol–water partition coefficient (Wildman–Crippen LogP) is 1.60. The molecule has 7 nitrogen and oxygen atoms in total. The van der Waals surface area contributed by atoms with E-state index in [-0.39, 0.29) is 29.2 Å². The predicted molar refractivity (Wildman–Crippen MR) is 87.6 cm³/mol. The zero-order valence-corrected chi connectivity index (χ0v) is 13.1. The summed E-state index contributed by atoms with van der Waals surface area (Å²) in [5.74, 6) is -0.275. The number of aromatic hydroxyl groups is 1. The lowest BCUT2D eigenvalue weighted by atomic mass is 10.0. The molecule has 2 aromatic rings. The van der Waals surface area contributed by atoms with E-state index in [2.05, 4.69) is 5.32 Å². The highest BCUT2D eigenvalue weighted by molar-refractivity contribution is 5.99. The number of nitrogen functional groups attached to an aromatic ring is 1. The van der Waals surface area contributed by atoms with Crippen LogP contribution in [0.15, 0.2) is 41.0 Å². The Kier molecular flexibility index (Phi) is 4.41. The summed E-state index contributed by atoms with van der Waals surface area (Å²) in [4.78, 5) is 26.4. The van der Waals surface area contributed by atoms with Gasteiger partial charge in [-0.1, -0.05) is 0 Å². The molecule has 0 saturated carbocycles. The maximum atomic E-state index is 12.4. The molecule has 0 aliphatic carbocycles. The third-order valence-electron chi connectivity index (χ3n) is 4.06. The lowest BCUT2D eigenvalue weighted by Gasteiger charge is -2.32. The number of hydrogen-bond donors (Lipinski definition) is 3.